The van der Waals surface area contributed by atoms with E-state index >= 15 is 0 Å². The predicted octanol–water partition coefficient (Wildman–Crippen LogP) is 3.45. The molecule has 0 aliphatic heterocycles. The van der Waals surface area contributed by atoms with Crippen LogP contribution in [0.2, 0.25) is 0 Å². The molecule has 1 amide bonds. The molecule has 1 rings (SSSR count). The van der Waals surface area contributed by atoms with Gasteiger partial charge in [0.25, 0.3) is 0 Å². The highest BCUT2D eigenvalue weighted by atomic mass is 16.6. The van der Waals surface area contributed by atoms with Crippen molar-refractivity contribution in [3.8, 4) is 5.75 Å². The lowest BCUT2D eigenvalue weighted by Gasteiger charge is -2.22. The number of benzene rings is 1. The van der Waals surface area contributed by atoms with E-state index < -0.39 is 11.7 Å². The number of hydrogen-bond donors (Lipinski definition) is 1. The van der Waals surface area contributed by atoms with Crippen molar-refractivity contribution in [3.63, 3.8) is 0 Å². The minimum Gasteiger partial charge on any atom is -0.497 e. The van der Waals surface area contributed by atoms with Gasteiger partial charge in [0.2, 0.25) is 0 Å². The van der Waals surface area contributed by atoms with E-state index in [4.69, 9.17) is 9.47 Å². The maximum absolute atomic E-state index is 11.7. The summed E-state index contributed by atoms with van der Waals surface area (Å²) in [6.45, 7) is 9.19. The summed E-state index contributed by atoms with van der Waals surface area (Å²) >= 11 is 0. The molecule has 1 aromatic rings. The topological polar surface area (TPSA) is 47.6 Å². The Hall–Kier alpha value is -1.97. The molecule has 4 heteroatoms. The van der Waals surface area contributed by atoms with E-state index in [1.54, 1.807) is 13.2 Å². The third-order valence-corrected chi connectivity index (χ3v) is 2.36. The zero-order valence-electron chi connectivity index (χ0n) is 11.9. The molecule has 1 aromatic carbocycles. The van der Waals surface area contributed by atoms with Crippen LogP contribution in [0.4, 0.5) is 4.79 Å². The fourth-order valence-electron chi connectivity index (χ4n) is 1.55. The lowest BCUT2D eigenvalue weighted by Crippen LogP contribution is -2.34. The molecule has 0 fully saturated rings. The zero-order chi connectivity index (χ0) is 14.5. The SMILES string of the molecule is C=CC(NC(=O)OC(C)(C)C)c1cccc(OC)c1. The highest BCUT2D eigenvalue weighted by Gasteiger charge is 2.19. The fraction of sp³-hybridized carbons (Fsp3) is 0.400. The summed E-state index contributed by atoms with van der Waals surface area (Å²) in [7, 11) is 1.60. The van der Waals surface area contributed by atoms with Crippen molar-refractivity contribution in [1.29, 1.82) is 0 Å². The second-order valence-electron chi connectivity index (χ2n) is 5.14. The Morgan fingerprint density at radius 1 is 1.42 bits per heavy atom. The van der Waals surface area contributed by atoms with Gasteiger partial charge < -0.3 is 14.8 Å². The molecule has 4 nitrogen and oxygen atoms in total. The van der Waals surface area contributed by atoms with Gasteiger partial charge in [0, 0.05) is 0 Å². The van der Waals surface area contributed by atoms with E-state index in [-0.39, 0.29) is 6.04 Å². The van der Waals surface area contributed by atoms with E-state index in [1.165, 1.54) is 0 Å². The lowest BCUT2D eigenvalue weighted by atomic mass is 10.1. The summed E-state index contributed by atoms with van der Waals surface area (Å²) in [5.41, 5.74) is 0.365. The predicted molar refractivity (Wildman–Crippen MR) is 75.3 cm³/mol. The molecule has 0 aliphatic rings. The third-order valence-electron chi connectivity index (χ3n) is 2.36. The van der Waals surface area contributed by atoms with Gasteiger partial charge in [0.05, 0.1) is 13.2 Å². The van der Waals surface area contributed by atoms with Crippen molar-refractivity contribution in [1.82, 2.24) is 5.32 Å². The lowest BCUT2D eigenvalue weighted by molar-refractivity contribution is 0.0514. The molecule has 0 spiro atoms. The van der Waals surface area contributed by atoms with Crippen LogP contribution in [0.3, 0.4) is 0 Å². The van der Waals surface area contributed by atoms with Gasteiger partial charge in [-0.2, -0.15) is 0 Å². The monoisotopic (exact) mass is 263 g/mol. The van der Waals surface area contributed by atoms with Crippen molar-refractivity contribution in [2.75, 3.05) is 7.11 Å². The van der Waals surface area contributed by atoms with Crippen molar-refractivity contribution < 1.29 is 14.3 Å². The van der Waals surface area contributed by atoms with Crippen LogP contribution >= 0.6 is 0 Å². The molecule has 104 valence electrons. The first-order valence-electron chi connectivity index (χ1n) is 6.12. The number of alkyl carbamates (subject to hydrolysis) is 1. The summed E-state index contributed by atoms with van der Waals surface area (Å²) in [6.07, 6.45) is 1.18. The van der Waals surface area contributed by atoms with E-state index in [2.05, 4.69) is 11.9 Å². The standard InChI is InChI=1S/C15H21NO3/c1-6-13(16-14(17)19-15(2,3)4)11-8-7-9-12(10-11)18-5/h6-10,13H,1H2,2-5H3,(H,16,17). The summed E-state index contributed by atoms with van der Waals surface area (Å²) < 4.78 is 10.4. The Morgan fingerprint density at radius 3 is 2.63 bits per heavy atom. The van der Waals surface area contributed by atoms with Crippen LogP contribution in [0.15, 0.2) is 36.9 Å². The molecular weight excluding hydrogens is 242 g/mol. The Balaban J connectivity index is 2.77. The first-order valence-corrected chi connectivity index (χ1v) is 6.12. The Labute approximate surface area is 114 Å². The number of amides is 1. The van der Waals surface area contributed by atoms with E-state index in [0.29, 0.717) is 0 Å². The van der Waals surface area contributed by atoms with Crippen LogP contribution in [-0.4, -0.2) is 18.8 Å². The molecule has 0 bridgehead atoms. The maximum atomic E-state index is 11.7. The van der Waals surface area contributed by atoms with Gasteiger partial charge in [-0.05, 0) is 38.5 Å². The zero-order valence-corrected chi connectivity index (χ0v) is 11.9. The van der Waals surface area contributed by atoms with Crippen LogP contribution in [-0.2, 0) is 4.74 Å². The van der Waals surface area contributed by atoms with Crippen molar-refractivity contribution in [3.05, 3.63) is 42.5 Å². The molecule has 19 heavy (non-hydrogen) atoms. The number of rotatable bonds is 4. The molecule has 0 heterocycles. The number of ether oxygens (including phenoxy) is 2. The molecule has 0 saturated carbocycles. The molecule has 0 aromatic heterocycles. The third kappa shape index (κ3) is 5.04. The molecule has 1 N–H and O–H groups in total. The van der Waals surface area contributed by atoms with Crippen molar-refractivity contribution >= 4 is 6.09 Å². The summed E-state index contributed by atoms with van der Waals surface area (Å²) in [5.74, 6) is 0.732. The van der Waals surface area contributed by atoms with Gasteiger partial charge in [-0.3, -0.25) is 0 Å². The van der Waals surface area contributed by atoms with Gasteiger partial charge in [-0.15, -0.1) is 6.58 Å². The van der Waals surface area contributed by atoms with Gasteiger partial charge in [-0.1, -0.05) is 18.2 Å². The van der Waals surface area contributed by atoms with Gasteiger partial charge in [0.15, 0.2) is 0 Å². The maximum Gasteiger partial charge on any atom is 0.408 e. The summed E-state index contributed by atoms with van der Waals surface area (Å²) in [6, 6.07) is 7.14. The number of methoxy groups -OCH3 is 1. The van der Waals surface area contributed by atoms with Gasteiger partial charge in [0.1, 0.15) is 11.4 Å². The number of hydrogen-bond acceptors (Lipinski definition) is 3. The normalized spacial score (nSPS) is 12.4. The Kier molecular flexibility index (Phi) is 4.98. The Morgan fingerprint density at radius 2 is 2.11 bits per heavy atom. The number of carbonyl (C=O) groups excluding carboxylic acids is 1. The van der Waals surface area contributed by atoms with Crippen LogP contribution in [0.1, 0.15) is 32.4 Å². The van der Waals surface area contributed by atoms with E-state index in [9.17, 15) is 4.79 Å². The van der Waals surface area contributed by atoms with Crippen LogP contribution in [0.25, 0.3) is 0 Å². The number of nitrogens with one attached hydrogen (secondary N) is 1. The molecule has 0 saturated heterocycles. The van der Waals surface area contributed by atoms with E-state index in [0.717, 1.165) is 11.3 Å². The van der Waals surface area contributed by atoms with Gasteiger partial charge >= 0.3 is 6.09 Å². The van der Waals surface area contributed by atoms with Crippen LogP contribution < -0.4 is 10.1 Å². The average Bonchev–Trinajstić information content (AvgIpc) is 2.34. The Bertz CT molecular complexity index is 449. The van der Waals surface area contributed by atoms with Gasteiger partial charge in [-0.25, -0.2) is 4.79 Å². The fourth-order valence-corrected chi connectivity index (χ4v) is 1.55. The largest absolute Gasteiger partial charge is 0.497 e. The first kappa shape index (κ1) is 15.1. The average molecular weight is 263 g/mol. The smallest absolute Gasteiger partial charge is 0.408 e. The highest BCUT2D eigenvalue weighted by Crippen LogP contribution is 2.20. The van der Waals surface area contributed by atoms with Crippen molar-refractivity contribution in [2.45, 2.75) is 32.4 Å². The molecule has 1 atom stereocenters. The highest BCUT2D eigenvalue weighted by molar-refractivity contribution is 5.68. The molecule has 0 radical (unpaired) electrons. The summed E-state index contributed by atoms with van der Waals surface area (Å²) in [4.78, 5) is 11.7. The second-order valence-corrected chi connectivity index (χ2v) is 5.14. The van der Waals surface area contributed by atoms with Crippen LogP contribution in [0, 0.1) is 0 Å². The first-order chi connectivity index (χ1) is 8.85. The minimum absolute atomic E-state index is 0.315. The quantitative estimate of drug-likeness (QED) is 0.846. The van der Waals surface area contributed by atoms with Crippen LogP contribution in [0.5, 0.6) is 5.75 Å². The molecule has 0 aliphatic carbocycles. The minimum atomic E-state index is -0.524. The number of carbonyl (C=O) groups is 1. The molecule has 1 unspecified atom stereocenters. The molecular formula is C15H21NO3. The van der Waals surface area contributed by atoms with Crippen molar-refractivity contribution in [2.24, 2.45) is 0 Å². The summed E-state index contributed by atoms with van der Waals surface area (Å²) in [5, 5.41) is 2.76. The second kappa shape index (κ2) is 6.27. The van der Waals surface area contributed by atoms with E-state index in [1.807, 2.05) is 45.0 Å².